The van der Waals surface area contributed by atoms with E-state index < -0.39 is 0 Å². The van der Waals surface area contributed by atoms with Crippen molar-refractivity contribution in [3.8, 4) is 0 Å². The fraction of sp³-hybridized carbons (Fsp3) is 0.900. The van der Waals surface area contributed by atoms with Gasteiger partial charge in [0.2, 0.25) is 0 Å². The maximum absolute atomic E-state index is 5.32. The first-order chi connectivity index (χ1) is 6.81. The average Bonchev–Trinajstić information content (AvgIpc) is 2.71. The Morgan fingerprint density at radius 1 is 1.43 bits per heavy atom. The maximum Gasteiger partial charge on any atom is 0.138 e. The van der Waals surface area contributed by atoms with Gasteiger partial charge in [0.25, 0.3) is 0 Å². The minimum atomic E-state index is 0.833. The topological polar surface area (TPSA) is 6.48 Å². The second-order valence-electron chi connectivity index (χ2n) is 4.06. The van der Waals surface area contributed by atoms with Crippen molar-refractivity contribution in [2.45, 2.75) is 38.6 Å². The number of rotatable bonds is 2. The van der Waals surface area contributed by atoms with Crippen LogP contribution in [0.5, 0.6) is 0 Å². The molecule has 0 amide bonds. The molecular formula is C10H18N2S2. The zero-order chi connectivity index (χ0) is 9.97. The fourth-order valence-electron chi connectivity index (χ4n) is 2.27. The molecule has 0 aromatic heterocycles. The number of hydrogen-bond donors (Lipinski definition) is 0. The zero-order valence-electron chi connectivity index (χ0n) is 8.74. The normalized spacial score (nSPS) is 26.1. The highest BCUT2D eigenvalue weighted by atomic mass is 32.2. The molecule has 0 bridgehead atoms. The first-order valence-electron chi connectivity index (χ1n) is 5.47. The molecule has 1 aliphatic carbocycles. The Hall–Kier alpha value is 0.200. The summed E-state index contributed by atoms with van der Waals surface area (Å²) in [4.78, 5) is 4.90. The van der Waals surface area contributed by atoms with E-state index in [1.54, 1.807) is 0 Å². The van der Waals surface area contributed by atoms with Crippen LogP contribution in [0.15, 0.2) is 0 Å². The van der Waals surface area contributed by atoms with Crippen molar-refractivity contribution in [1.29, 1.82) is 0 Å². The highest BCUT2D eigenvalue weighted by molar-refractivity contribution is 8.22. The lowest BCUT2D eigenvalue weighted by molar-refractivity contribution is 0.162. The van der Waals surface area contributed by atoms with Gasteiger partial charge in [-0.3, -0.25) is 4.90 Å². The van der Waals surface area contributed by atoms with Crippen LogP contribution in [0, 0.1) is 0 Å². The van der Waals surface area contributed by atoms with Gasteiger partial charge in [-0.15, -0.1) is 0 Å². The molecule has 2 rings (SSSR count). The molecular weight excluding hydrogens is 212 g/mol. The van der Waals surface area contributed by atoms with Crippen LogP contribution >= 0.6 is 24.0 Å². The summed E-state index contributed by atoms with van der Waals surface area (Å²) in [6, 6.07) is 0.833. The lowest BCUT2D eigenvalue weighted by Crippen LogP contribution is -2.48. The molecule has 0 N–H and O–H groups in total. The molecule has 14 heavy (non-hydrogen) atoms. The van der Waals surface area contributed by atoms with Gasteiger partial charge in [-0.05, 0) is 19.8 Å². The molecule has 0 aromatic carbocycles. The van der Waals surface area contributed by atoms with Crippen LogP contribution in [0.25, 0.3) is 0 Å². The minimum Gasteiger partial charge on any atom is -0.345 e. The summed E-state index contributed by atoms with van der Waals surface area (Å²) in [6.07, 6.45) is 5.63. The Morgan fingerprint density at radius 2 is 2.14 bits per heavy atom. The monoisotopic (exact) mass is 230 g/mol. The predicted octanol–water partition coefficient (Wildman–Crippen LogP) is 2.50. The van der Waals surface area contributed by atoms with Crippen LogP contribution in [0.4, 0.5) is 0 Å². The van der Waals surface area contributed by atoms with Gasteiger partial charge < -0.3 is 4.90 Å². The van der Waals surface area contributed by atoms with Crippen LogP contribution in [0.3, 0.4) is 0 Å². The summed E-state index contributed by atoms with van der Waals surface area (Å²) in [5.74, 6) is 1.11. The van der Waals surface area contributed by atoms with Crippen LogP contribution < -0.4 is 0 Å². The summed E-state index contributed by atoms with van der Waals surface area (Å²) in [7, 11) is 0. The van der Waals surface area contributed by atoms with Gasteiger partial charge in [-0.1, -0.05) is 36.8 Å². The number of hydrogen-bond acceptors (Lipinski definition) is 3. The quantitative estimate of drug-likeness (QED) is 0.672. The molecule has 0 unspecified atom stereocenters. The molecule has 2 aliphatic rings. The Kier molecular flexibility index (Phi) is 3.68. The van der Waals surface area contributed by atoms with E-state index in [1.807, 2.05) is 11.8 Å². The molecule has 1 heterocycles. The second-order valence-corrected chi connectivity index (χ2v) is 5.64. The van der Waals surface area contributed by atoms with Gasteiger partial charge in [0, 0.05) is 12.6 Å². The van der Waals surface area contributed by atoms with E-state index in [4.69, 9.17) is 12.2 Å². The van der Waals surface area contributed by atoms with E-state index in [9.17, 15) is 0 Å². The van der Waals surface area contributed by atoms with Crippen LogP contribution in [0.2, 0.25) is 0 Å². The molecule has 4 heteroatoms. The van der Waals surface area contributed by atoms with Crippen LogP contribution in [-0.2, 0) is 0 Å². The van der Waals surface area contributed by atoms with Gasteiger partial charge in [-0.25, -0.2) is 0 Å². The number of thioether (sulfide) groups is 1. The standard InChI is InChI=1S/C10H18N2S2/c1-2-11-7-12(8-14-10(11)13)9-5-3-4-6-9/h9H,2-8H2,1H3. The third kappa shape index (κ3) is 2.23. The molecule has 1 aliphatic heterocycles. The fourth-order valence-corrected chi connectivity index (χ4v) is 3.55. The Morgan fingerprint density at radius 3 is 2.79 bits per heavy atom. The third-order valence-electron chi connectivity index (χ3n) is 3.19. The molecule has 1 saturated carbocycles. The largest absolute Gasteiger partial charge is 0.345 e. The summed E-state index contributed by atoms with van der Waals surface area (Å²) in [5.41, 5.74) is 0. The van der Waals surface area contributed by atoms with Gasteiger partial charge in [0.05, 0.1) is 12.5 Å². The van der Waals surface area contributed by atoms with Crippen molar-refractivity contribution in [1.82, 2.24) is 9.80 Å². The highest BCUT2D eigenvalue weighted by Gasteiger charge is 2.28. The highest BCUT2D eigenvalue weighted by Crippen LogP contribution is 2.28. The van der Waals surface area contributed by atoms with E-state index in [2.05, 4.69) is 16.7 Å². The van der Waals surface area contributed by atoms with E-state index in [1.165, 1.54) is 25.7 Å². The van der Waals surface area contributed by atoms with Gasteiger partial charge >= 0.3 is 0 Å². The molecule has 0 atom stereocenters. The van der Waals surface area contributed by atoms with Gasteiger partial charge in [0.15, 0.2) is 0 Å². The smallest absolute Gasteiger partial charge is 0.138 e. The van der Waals surface area contributed by atoms with Gasteiger partial charge in [-0.2, -0.15) is 0 Å². The molecule has 2 nitrogen and oxygen atoms in total. The lowest BCUT2D eigenvalue weighted by atomic mass is 10.2. The first-order valence-corrected chi connectivity index (χ1v) is 6.86. The Bertz CT molecular complexity index is 214. The minimum absolute atomic E-state index is 0.833. The zero-order valence-corrected chi connectivity index (χ0v) is 10.4. The molecule has 0 aromatic rings. The van der Waals surface area contributed by atoms with Crippen LogP contribution in [0.1, 0.15) is 32.6 Å². The van der Waals surface area contributed by atoms with Crippen molar-refractivity contribution in [3.63, 3.8) is 0 Å². The van der Waals surface area contributed by atoms with Crippen molar-refractivity contribution in [2.24, 2.45) is 0 Å². The predicted molar refractivity (Wildman–Crippen MR) is 66.4 cm³/mol. The summed E-state index contributed by atoms with van der Waals surface area (Å²) >= 11 is 7.15. The molecule has 0 radical (unpaired) electrons. The summed E-state index contributed by atoms with van der Waals surface area (Å²) in [6.45, 7) is 4.30. The number of nitrogens with zero attached hydrogens (tertiary/aromatic N) is 2. The van der Waals surface area contributed by atoms with Crippen molar-refractivity contribution >= 4 is 28.3 Å². The first kappa shape index (κ1) is 10.7. The summed E-state index contributed by atoms with van der Waals surface area (Å²) < 4.78 is 1.08. The van der Waals surface area contributed by atoms with E-state index in [0.29, 0.717) is 0 Å². The summed E-state index contributed by atoms with van der Waals surface area (Å²) in [5, 5.41) is 0. The number of thiocarbonyl (C=S) groups is 1. The SMILES string of the molecule is CCN1CN(C2CCCC2)CSC1=S. The van der Waals surface area contributed by atoms with Crippen molar-refractivity contribution in [3.05, 3.63) is 0 Å². The molecule has 1 saturated heterocycles. The third-order valence-corrected chi connectivity index (χ3v) is 4.76. The lowest BCUT2D eigenvalue weighted by Gasteiger charge is -2.39. The molecule has 2 fully saturated rings. The second kappa shape index (κ2) is 4.81. The van der Waals surface area contributed by atoms with Crippen LogP contribution in [-0.4, -0.2) is 39.3 Å². The van der Waals surface area contributed by atoms with Crippen molar-refractivity contribution in [2.75, 3.05) is 19.1 Å². The molecule has 80 valence electrons. The van der Waals surface area contributed by atoms with E-state index >= 15 is 0 Å². The van der Waals surface area contributed by atoms with Gasteiger partial charge in [0.1, 0.15) is 4.32 Å². The van der Waals surface area contributed by atoms with Crippen molar-refractivity contribution < 1.29 is 0 Å². The van der Waals surface area contributed by atoms with E-state index in [-0.39, 0.29) is 0 Å². The maximum atomic E-state index is 5.32. The Balaban J connectivity index is 1.91. The average molecular weight is 230 g/mol. The molecule has 0 spiro atoms. The Labute approximate surface area is 96.0 Å². The van der Waals surface area contributed by atoms with E-state index in [0.717, 1.165) is 29.5 Å².